The Bertz CT molecular complexity index is 1270. The van der Waals surface area contributed by atoms with Gasteiger partial charge in [0, 0.05) is 103 Å². The van der Waals surface area contributed by atoms with Crippen molar-refractivity contribution in [2.75, 3.05) is 115 Å². The Morgan fingerprint density at radius 1 is 0.681 bits per heavy atom. The molecule has 1 N–H and O–H groups in total. The second-order valence-electron chi connectivity index (χ2n) is 14.2. The second kappa shape index (κ2) is 17.0. The van der Waals surface area contributed by atoms with Gasteiger partial charge in [0.05, 0.1) is 26.4 Å². The van der Waals surface area contributed by atoms with Crippen LogP contribution in [-0.4, -0.2) is 131 Å². The summed E-state index contributed by atoms with van der Waals surface area (Å²) in [5, 5.41) is 3.42. The molecule has 4 saturated heterocycles. The van der Waals surface area contributed by atoms with Crippen LogP contribution in [-0.2, 0) is 27.3 Å². The number of amides is 1. The average Bonchev–Trinajstić information content (AvgIpc) is 3.07. The normalized spacial score (nSPS) is 20.1. The van der Waals surface area contributed by atoms with Crippen molar-refractivity contribution in [1.82, 2.24) is 20.0 Å². The molecular weight excluding hydrogens is 592 g/mol. The van der Waals surface area contributed by atoms with Gasteiger partial charge in [-0.05, 0) is 69.0 Å². The summed E-state index contributed by atoms with van der Waals surface area (Å²) in [5.74, 6) is 0. The molecule has 47 heavy (non-hydrogen) atoms. The topological polar surface area (TPSA) is 73.0 Å². The molecular formula is C37H58N6O4. The maximum absolute atomic E-state index is 12.2. The lowest BCUT2D eigenvalue weighted by Gasteiger charge is -2.37. The largest absolute Gasteiger partial charge is 0.444 e. The first kappa shape index (κ1) is 35.4. The van der Waals surface area contributed by atoms with Crippen LogP contribution in [0.25, 0.3) is 0 Å². The SMILES string of the molecule is Cc1ccc(CN2CCN(C(=O)OC(C)(C)C)CC2)c(N2CCOCC2)c1.Cc1ccc(CN2CCNCC2)c(N2CCOCC2)c1. The molecule has 2 aromatic rings. The van der Waals surface area contributed by atoms with Gasteiger partial charge >= 0.3 is 6.09 Å². The monoisotopic (exact) mass is 650 g/mol. The van der Waals surface area contributed by atoms with E-state index in [9.17, 15) is 4.79 Å². The molecule has 0 atom stereocenters. The van der Waals surface area contributed by atoms with E-state index in [1.54, 1.807) is 0 Å². The van der Waals surface area contributed by atoms with Crippen LogP contribution < -0.4 is 15.1 Å². The van der Waals surface area contributed by atoms with Gasteiger partial charge in [-0.3, -0.25) is 9.80 Å². The minimum absolute atomic E-state index is 0.202. The van der Waals surface area contributed by atoms with Gasteiger partial charge in [-0.2, -0.15) is 0 Å². The molecule has 0 bridgehead atoms. The smallest absolute Gasteiger partial charge is 0.410 e. The van der Waals surface area contributed by atoms with Crippen LogP contribution in [0.4, 0.5) is 16.2 Å². The third kappa shape index (κ3) is 10.8. The van der Waals surface area contributed by atoms with Gasteiger partial charge in [-0.15, -0.1) is 0 Å². The third-order valence-electron chi connectivity index (χ3n) is 9.21. The van der Waals surface area contributed by atoms with Crippen molar-refractivity contribution in [1.29, 1.82) is 0 Å². The fourth-order valence-electron chi connectivity index (χ4n) is 6.58. The van der Waals surface area contributed by atoms with E-state index in [2.05, 4.69) is 75.2 Å². The van der Waals surface area contributed by atoms with Gasteiger partial charge in [-0.1, -0.05) is 24.3 Å². The molecule has 4 aliphatic heterocycles. The van der Waals surface area contributed by atoms with E-state index in [1.807, 2.05) is 25.7 Å². The van der Waals surface area contributed by atoms with Crippen molar-refractivity contribution in [3.63, 3.8) is 0 Å². The minimum atomic E-state index is -0.441. The number of hydrogen-bond donors (Lipinski definition) is 1. The first-order valence-corrected chi connectivity index (χ1v) is 17.6. The lowest BCUT2D eigenvalue weighted by Crippen LogP contribution is -2.49. The lowest BCUT2D eigenvalue weighted by atomic mass is 10.1. The molecule has 10 heteroatoms. The van der Waals surface area contributed by atoms with Crippen molar-refractivity contribution in [2.24, 2.45) is 0 Å². The number of benzene rings is 2. The predicted molar refractivity (Wildman–Crippen MR) is 190 cm³/mol. The van der Waals surface area contributed by atoms with Crippen molar-refractivity contribution >= 4 is 17.5 Å². The van der Waals surface area contributed by atoms with E-state index in [0.717, 1.165) is 105 Å². The van der Waals surface area contributed by atoms with Gasteiger partial charge in [0.2, 0.25) is 0 Å². The number of piperazine rings is 2. The number of anilines is 2. The summed E-state index contributed by atoms with van der Waals surface area (Å²) in [7, 11) is 0. The molecule has 4 fully saturated rings. The van der Waals surface area contributed by atoms with Crippen LogP contribution in [0.2, 0.25) is 0 Å². The minimum Gasteiger partial charge on any atom is -0.444 e. The zero-order chi connectivity index (χ0) is 33.2. The Kier molecular flexibility index (Phi) is 12.8. The molecule has 0 aromatic heterocycles. The van der Waals surface area contributed by atoms with Crippen LogP contribution in [0.5, 0.6) is 0 Å². The number of carbonyl (C=O) groups is 1. The summed E-state index contributed by atoms with van der Waals surface area (Å²) in [6.07, 6.45) is -0.202. The molecule has 6 rings (SSSR count). The average molecular weight is 651 g/mol. The van der Waals surface area contributed by atoms with Crippen LogP contribution in [0.3, 0.4) is 0 Å². The number of nitrogens with one attached hydrogen (secondary N) is 1. The van der Waals surface area contributed by atoms with Crippen molar-refractivity contribution in [3.05, 3.63) is 58.7 Å². The number of hydrogen-bond acceptors (Lipinski definition) is 9. The van der Waals surface area contributed by atoms with Crippen LogP contribution in [0, 0.1) is 13.8 Å². The summed E-state index contributed by atoms with van der Waals surface area (Å²) in [5.41, 5.74) is 7.74. The Morgan fingerprint density at radius 2 is 1.13 bits per heavy atom. The molecule has 0 radical (unpaired) electrons. The highest BCUT2D eigenvalue weighted by Crippen LogP contribution is 2.26. The highest BCUT2D eigenvalue weighted by molar-refractivity contribution is 5.68. The lowest BCUT2D eigenvalue weighted by molar-refractivity contribution is 0.0139. The standard InChI is InChI=1S/C21H33N3O3.C16H25N3O/c1-17-5-6-18(19(15-17)23-11-13-26-14-12-23)16-22-7-9-24(10-8-22)20(25)27-21(2,3)4;1-14-2-3-15(13-18-6-4-17-5-7-18)16(12-14)19-8-10-20-11-9-19/h5-6,15H,7-14,16H2,1-4H3;2-3,12,17H,4-11,13H2,1H3. The fraction of sp³-hybridized carbons (Fsp3) is 0.649. The summed E-state index contributed by atoms with van der Waals surface area (Å²) in [6, 6.07) is 13.6. The van der Waals surface area contributed by atoms with E-state index in [1.165, 1.54) is 33.6 Å². The number of ether oxygens (including phenoxy) is 3. The summed E-state index contributed by atoms with van der Waals surface area (Å²) < 4.78 is 16.5. The molecule has 4 heterocycles. The van der Waals surface area contributed by atoms with Crippen LogP contribution in [0.15, 0.2) is 36.4 Å². The maximum atomic E-state index is 12.2. The molecule has 0 aliphatic carbocycles. The van der Waals surface area contributed by atoms with Crippen LogP contribution in [0.1, 0.15) is 43.0 Å². The van der Waals surface area contributed by atoms with E-state index in [4.69, 9.17) is 14.2 Å². The summed E-state index contributed by atoms with van der Waals surface area (Å²) in [4.78, 5) is 23.9. The highest BCUT2D eigenvalue weighted by atomic mass is 16.6. The number of rotatable bonds is 6. The Labute approximate surface area is 282 Å². The second-order valence-corrected chi connectivity index (χ2v) is 14.2. The van der Waals surface area contributed by atoms with Gasteiger partial charge in [0.25, 0.3) is 0 Å². The molecule has 0 spiro atoms. The first-order chi connectivity index (χ1) is 22.6. The Morgan fingerprint density at radius 3 is 1.57 bits per heavy atom. The fourth-order valence-corrected chi connectivity index (χ4v) is 6.58. The molecule has 4 aliphatic rings. The van der Waals surface area contributed by atoms with Gasteiger partial charge in [-0.25, -0.2) is 4.79 Å². The van der Waals surface area contributed by atoms with E-state index >= 15 is 0 Å². The van der Waals surface area contributed by atoms with Crippen molar-refractivity contribution < 1.29 is 19.0 Å². The van der Waals surface area contributed by atoms with Crippen molar-refractivity contribution in [3.8, 4) is 0 Å². The molecule has 260 valence electrons. The third-order valence-corrected chi connectivity index (χ3v) is 9.21. The summed E-state index contributed by atoms with van der Waals surface area (Å²) >= 11 is 0. The molecule has 0 saturated carbocycles. The quantitative estimate of drug-likeness (QED) is 0.497. The Balaban J connectivity index is 0.000000193. The highest BCUT2D eigenvalue weighted by Gasteiger charge is 2.27. The number of carbonyl (C=O) groups excluding carboxylic acids is 1. The number of aryl methyl sites for hydroxylation is 2. The number of nitrogens with zero attached hydrogens (tertiary/aromatic N) is 5. The molecule has 1 amide bonds. The van der Waals surface area contributed by atoms with Gasteiger partial charge in [0.1, 0.15) is 5.60 Å². The Hall–Kier alpha value is -2.89. The van der Waals surface area contributed by atoms with Crippen molar-refractivity contribution in [2.45, 2.75) is 53.3 Å². The molecule has 2 aromatic carbocycles. The molecule has 10 nitrogen and oxygen atoms in total. The zero-order valence-corrected chi connectivity index (χ0v) is 29.6. The maximum Gasteiger partial charge on any atom is 0.410 e. The van der Waals surface area contributed by atoms with Gasteiger partial charge < -0.3 is 34.2 Å². The number of morpholine rings is 2. The first-order valence-electron chi connectivity index (χ1n) is 17.6. The summed E-state index contributed by atoms with van der Waals surface area (Å²) in [6.45, 7) is 26.9. The van der Waals surface area contributed by atoms with Crippen LogP contribution >= 0.6 is 0 Å². The van der Waals surface area contributed by atoms with E-state index in [0.29, 0.717) is 13.1 Å². The molecule has 0 unspecified atom stereocenters. The van der Waals surface area contributed by atoms with E-state index in [-0.39, 0.29) is 6.09 Å². The zero-order valence-electron chi connectivity index (χ0n) is 29.6. The predicted octanol–water partition coefficient (Wildman–Crippen LogP) is 4.12. The van der Waals surface area contributed by atoms with Gasteiger partial charge in [0.15, 0.2) is 0 Å². The van der Waals surface area contributed by atoms with E-state index < -0.39 is 5.60 Å².